The number of aryl methyl sites for hydroxylation is 2. The van der Waals surface area contributed by atoms with Crippen LogP contribution in [0.5, 0.6) is 0 Å². The van der Waals surface area contributed by atoms with Crippen LogP contribution in [-0.4, -0.2) is 24.4 Å². The largest absolute Gasteiger partial charge is 0.452 e. The maximum atomic E-state index is 12.0. The topological polar surface area (TPSA) is 108 Å². The number of carbonyl (C=O) groups is 3. The molecule has 0 aromatic heterocycles. The molecule has 0 radical (unpaired) electrons. The highest BCUT2D eigenvalue weighted by atomic mass is 16.5. The Balaban J connectivity index is 1.85. The van der Waals surface area contributed by atoms with Crippen LogP contribution in [0.25, 0.3) is 0 Å². The number of ether oxygens (including phenoxy) is 1. The summed E-state index contributed by atoms with van der Waals surface area (Å²) in [5.74, 6) is -1.53. The lowest BCUT2D eigenvalue weighted by atomic mass is 10.1. The summed E-state index contributed by atoms with van der Waals surface area (Å²) in [6, 6.07) is 13.2. The number of esters is 1. The maximum absolute atomic E-state index is 12.0. The first kappa shape index (κ1) is 19.7. The first-order chi connectivity index (χ1) is 12.9. The lowest BCUT2D eigenvalue weighted by Gasteiger charge is -2.09. The Kier molecular flexibility index (Phi) is 6.67. The van der Waals surface area contributed by atoms with Gasteiger partial charge >= 0.3 is 5.97 Å². The zero-order valence-electron chi connectivity index (χ0n) is 15.0. The van der Waals surface area contributed by atoms with Gasteiger partial charge in [-0.1, -0.05) is 6.07 Å². The van der Waals surface area contributed by atoms with Crippen molar-refractivity contribution in [3.63, 3.8) is 0 Å². The number of anilines is 2. The molecule has 0 spiro atoms. The minimum Gasteiger partial charge on any atom is -0.452 e. The SMILES string of the molecule is Cc1ccc(NC(=O)COC(=O)c2ccc(NC(=O)CC#N)cc2)cc1C. The second-order valence-electron chi connectivity index (χ2n) is 5.88. The second kappa shape index (κ2) is 9.15. The lowest BCUT2D eigenvalue weighted by molar-refractivity contribution is -0.119. The van der Waals surface area contributed by atoms with Crippen LogP contribution in [0.2, 0.25) is 0 Å². The Morgan fingerprint density at radius 3 is 2.19 bits per heavy atom. The van der Waals surface area contributed by atoms with Crippen molar-refractivity contribution in [1.29, 1.82) is 5.26 Å². The number of nitrogens with zero attached hydrogens (tertiary/aromatic N) is 1. The van der Waals surface area contributed by atoms with Gasteiger partial charge in [0.25, 0.3) is 5.91 Å². The summed E-state index contributed by atoms with van der Waals surface area (Å²) < 4.78 is 4.99. The van der Waals surface area contributed by atoms with Crippen LogP contribution in [0.1, 0.15) is 27.9 Å². The summed E-state index contributed by atoms with van der Waals surface area (Å²) in [4.78, 5) is 35.3. The van der Waals surface area contributed by atoms with Crippen LogP contribution < -0.4 is 10.6 Å². The fraction of sp³-hybridized carbons (Fsp3) is 0.200. The standard InChI is InChI=1S/C20H19N3O4/c1-13-3-6-17(11-14(13)2)23-19(25)12-27-20(26)15-4-7-16(8-5-15)22-18(24)9-10-21/h3-8,11H,9,12H2,1-2H3,(H,22,24)(H,23,25). The van der Waals surface area contributed by atoms with Crippen molar-refractivity contribution in [3.05, 3.63) is 59.2 Å². The van der Waals surface area contributed by atoms with E-state index in [1.807, 2.05) is 26.0 Å². The monoisotopic (exact) mass is 365 g/mol. The predicted molar refractivity (Wildman–Crippen MR) is 100 cm³/mol. The number of nitriles is 1. The van der Waals surface area contributed by atoms with Gasteiger partial charge in [-0.2, -0.15) is 5.26 Å². The average molecular weight is 365 g/mol. The summed E-state index contributed by atoms with van der Waals surface area (Å²) in [5.41, 5.74) is 3.50. The molecule has 0 heterocycles. The molecule has 7 heteroatoms. The van der Waals surface area contributed by atoms with E-state index < -0.39 is 24.4 Å². The summed E-state index contributed by atoms with van der Waals surface area (Å²) in [7, 11) is 0. The molecule has 0 atom stereocenters. The minimum absolute atomic E-state index is 0.243. The smallest absolute Gasteiger partial charge is 0.338 e. The molecule has 138 valence electrons. The third kappa shape index (κ3) is 5.97. The molecule has 0 aliphatic carbocycles. The van der Waals surface area contributed by atoms with Gasteiger partial charge in [0.15, 0.2) is 6.61 Å². The molecule has 0 aliphatic heterocycles. The van der Waals surface area contributed by atoms with Crippen molar-refractivity contribution in [2.45, 2.75) is 20.3 Å². The second-order valence-corrected chi connectivity index (χ2v) is 5.88. The van der Waals surface area contributed by atoms with E-state index >= 15 is 0 Å². The number of hydrogen-bond acceptors (Lipinski definition) is 5. The van der Waals surface area contributed by atoms with E-state index in [1.54, 1.807) is 12.1 Å². The van der Waals surface area contributed by atoms with Gasteiger partial charge in [-0.25, -0.2) is 4.79 Å². The van der Waals surface area contributed by atoms with Gasteiger partial charge in [0.05, 0.1) is 11.6 Å². The van der Waals surface area contributed by atoms with Crippen molar-refractivity contribution in [1.82, 2.24) is 0 Å². The Morgan fingerprint density at radius 2 is 1.56 bits per heavy atom. The van der Waals surface area contributed by atoms with Crippen molar-refractivity contribution in [2.75, 3.05) is 17.2 Å². The van der Waals surface area contributed by atoms with E-state index in [9.17, 15) is 14.4 Å². The Morgan fingerprint density at radius 1 is 0.926 bits per heavy atom. The molecule has 2 N–H and O–H groups in total. The van der Waals surface area contributed by atoms with Crippen molar-refractivity contribution in [2.24, 2.45) is 0 Å². The molecule has 0 fully saturated rings. The molecule has 2 rings (SSSR count). The first-order valence-electron chi connectivity index (χ1n) is 8.20. The fourth-order valence-electron chi connectivity index (χ4n) is 2.20. The van der Waals surface area contributed by atoms with E-state index in [0.717, 1.165) is 11.1 Å². The van der Waals surface area contributed by atoms with Crippen molar-refractivity contribution < 1.29 is 19.1 Å². The third-order valence-electron chi connectivity index (χ3n) is 3.77. The highest BCUT2D eigenvalue weighted by molar-refractivity contribution is 5.96. The van der Waals surface area contributed by atoms with E-state index in [2.05, 4.69) is 10.6 Å². The summed E-state index contributed by atoms with van der Waals surface area (Å²) >= 11 is 0. The molecule has 27 heavy (non-hydrogen) atoms. The number of nitrogens with one attached hydrogen (secondary N) is 2. The summed E-state index contributed by atoms with van der Waals surface area (Å²) in [6.45, 7) is 3.51. The van der Waals surface area contributed by atoms with Crippen LogP contribution in [0.4, 0.5) is 11.4 Å². The highest BCUT2D eigenvalue weighted by Gasteiger charge is 2.11. The van der Waals surface area contributed by atoms with Gasteiger partial charge in [0, 0.05) is 11.4 Å². The zero-order chi connectivity index (χ0) is 19.8. The van der Waals surface area contributed by atoms with Gasteiger partial charge < -0.3 is 15.4 Å². The summed E-state index contributed by atoms with van der Waals surface area (Å²) in [6.07, 6.45) is -0.251. The molecule has 0 unspecified atom stereocenters. The summed E-state index contributed by atoms with van der Waals surface area (Å²) in [5, 5.41) is 13.6. The molecule has 0 bridgehead atoms. The quantitative estimate of drug-likeness (QED) is 0.765. The van der Waals surface area contributed by atoms with E-state index in [4.69, 9.17) is 10.00 Å². The van der Waals surface area contributed by atoms with Crippen LogP contribution >= 0.6 is 0 Å². The lowest BCUT2D eigenvalue weighted by Crippen LogP contribution is -2.21. The van der Waals surface area contributed by atoms with Gasteiger partial charge in [-0.15, -0.1) is 0 Å². The Bertz CT molecular complexity index is 898. The average Bonchev–Trinajstić information content (AvgIpc) is 2.63. The number of benzene rings is 2. The third-order valence-corrected chi connectivity index (χ3v) is 3.77. The van der Waals surface area contributed by atoms with E-state index in [0.29, 0.717) is 11.4 Å². The minimum atomic E-state index is -0.653. The maximum Gasteiger partial charge on any atom is 0.338 e. The van der Waals surface area contributed by atoms with Crippen LogP contribution in [-0.2, 0) is 14.3 Å². The molecule has 2 aromatic rings. The van der Waals surface area contributed by atoms with Crippen LogP contribution in [0, 0.1) is 25.2 Å². The number of rotatable bonds is 6. The van der Waals surface area contributed by atoms with Gasteiger partial charge in [0.1, 0.15) is 6.42 Å². The molecule has 2 aromatic carbocycles. The van der Waals surface area contributed by atoms with Gasteiger partial charge in [-0.3, -0.25) is 9.59 Å². The molecule has 0 aliphatic rings. The molecule has 0 saturated carbocycles. The van der Waals surface area contributed by atoms with E-state index in [1.165, 1.54) is 24.3 Å². The van der Waals surface area contributed by atoms with Crippen LogP contribution in [0.15, 0.2) is 42.5 Å². The highest BCUT2D eigenvalue weighted by Crippen LogP contribution is 2.14. The van der Waals surface area contributed by atoms with Crippen molar-refractivity contribution >= 4 is 29.2 Å². The molecular formula is C20H19N3O4. The predicted octanol–water partition coefficient (Wildman–Crippen LogP) is 2.95. The number of hydrogen-bond donors (Lipinski definition) is 2. The Labute approximate surface area is 156 Å². The van der Waals surface area contributed by atoms with Crippen molar-refractivity contribution in [3.8, 4) is 6.07 Å². The first-order valence-corrected chi connectivity index (χ1v) is 8.20. The van der Waals surface area contributed by atoms with E-state index in [-0.39, 0.29) is 12.0 Å². The number of amides is 2. The molecule has 0 saturated heterocycles. The molecular weight excluding hydrogens is 346 g/mol. The fourth-order valence-corrected chi connectivity index (χ4v) is 2.20. The molecule has 7 nitrogen and oxygen atoms in total. The van der Waals surface area contributed by atoms with Crippen LogP contribution in [0.3, 0.4) is 0 Å². The molecule has 2 amide bonds. The normalized spacial score (nSPS) is 9.81. The van der Waals surface area contributed by atoms with Gasteiger partial charge in [0.2, 0.25) is 5.91 Å². The van der Waals surface area contributed by atoms with Gasteiger partial charge in [-0.05, 0) is 61.4 Å². The number of carbonyl (C=O) groups excluding carboxylic acids is 3. The Hall–Kier alpha value is -3.66. The zero-order valence-corrected chi connectivity index (χ0v) is 15.0.